The van der Waals surface area contributed by atoms with Crippen molar-refractivity contribution >= 4 is 28.5 Å². The Morgan fingerprint density at radius 2 is 1.89 bits per heavy atom. The number of carbonyl (C=O) groups is 1. The maximum atomic E-state index is 12.1. The number of phenols is 1. The van der Waals surface area contributed by atoms with Gasteiger partial charge in [-0.1, -0.05) is 0 Å². The number of rotatable bonds is 3. The molecule has 0 aromatic heterocycles. The average Bonchev–Trinajstić information content (AvgIpc) is 2.42. The Morgan fingerprint density at radius 3 is 2.53 bits per heavy atom. The van der Waals surface area contributed by atoms with E-state index in [4.69, 9.17) is 0 Å². The predicted molar refractivity (Wildman–Crippen MR) is 83.4 cm³/mol. The molecular weight excluding hydrogens is 355 g/mol. The molecule has 0 bridgehead atoms. The lowest BCUT2D eigenvalue weighted by Crippen LogP contribution is -2.41. The van der Waals surface area contributed by atoms with Crippen LogP contribution in [0, 0.1) is 3.57 Å². The molecule has 0 radical (unpaired) electrons. The lowest BCUT2D eigenvalue weighted by Gasteiger charge is -2.28. The van der Waals surface area contributed by atoms with Crippen LogP contribution in [-0.4, -0.2) is 30.1 Å². The number of hydrogen-bond acceptors (Lipinski definition) is 3. The van der Waals surface area contributed by atoms with Crippen LogP contribution in [0.1, 0.15) is 36.0 Å². The molecule has 0 spiro atoms. The standard InChI is InChI=1S/C14H19IN2O2/c1-16-10-3-5-11(6-4-10)17-14(19)12-8-9(15)2-7-13(12)18/h2,7-8,10-11,16,18H,3-6H2,1H3,(H,17,19). The highest BCUT2D eigenvalue weighted by Crippen LogP contribution is 2.22. The molecule has 19 heavy (non-hydrogen) atoms. The molecule has 1 fully saturated rings. The number of halogens is 1. The average molecular weight is 374 g/mol. The summed E-state index contributed by atoms with van der Waals surface area (Å²) in [5, 5.41) is 16.0. The van der Waals surface area contributed by atoms with Crippen LogP contribution in [0.3, 0.4) is 0 Å². The summed E-state index contributed by atoms with van der Waals surface area (Å²) in [6, 6.07) is 5.85. The first-order valence-electron chi connectivity index (χ1n) is 6.57. The molecule has 2 rings (SSSR count). The van der Waals surface area contributed by atoms with Gasteiger partial charge in [-0.2, -0.15) is 0 Å². The third-order valence-electron chi connectivity index (χ3n) is 3.67. The van der Waals surface area contributed by atoms with Gasteiger partial charge in [0, 0.05) is 15.7 Å². The van der Waals surface area contributed by atoms with Gasteiger partial charge in [0.05, 0.1) is 5.56 Å². The normalized spacial score (nSPS) is 23.1. The maximum absolute atomic E-state index is 12.1. The molecule has 1 aromatic rings. The molecule has 1 aliphatic carbocycles. The summed E-state index contributed by atoms with van der Waals surface area (Å²) in [6.07, 6.45) is 4.14. The minimum atomic E-state index is -0.177. The van der Waals surface area contributed by atoms with Crippen LogP contribution >= 0.6 is 22.6 Å². The molecule has 0 atom stereocenters. The third kappa shape index (κ3) is 3.82. The van der Waals surface area contributed by atoms with Crippen molar-refractivity contribution in [1.29, 1.82) is 0 Å². The smallest absolute Gasteiger partial charge is 0.255 e. The third-order valence-corrected chi connectivity index (χ3v) is 4.34. The number of benzene rings is 1. The van der Waals surface area contributed by atoms with Crippen molar-refractivity contribution in [3.8, 4) is 5.75 Å². The molecule has 1 aliphatic rings. The van der Waals surface area contributed by atoms with E-state index in [1.807, 2.05) is 7.05 Å². The zero-order valence-corrected chi connectivity index (χ0v) is 13.1. The molecule has 3 N–H and O–H groups in total. The van der Waals surface area contributed by atoms with Crippen LogP contribution in [0.5, 0.6) is 5.75 Å². The van der Waals surface area contributed by atoms with Crippen molar-refractivity contribution in [2.24, 2.45) is 0 Å². The van der Waals surface area contributed by atoms with Crippen molar-refractivity contribution < 1.29 is 9.90 Å². The van der Waals surface area contributed by atoms with Crippen molar-refractivity contribution in [3.05, 3.63) is 27.3 Å². The fraction of sp³-hybridized carbons (Fsp3) is 0.500. The summed E-state index contributed by atoms with van der Waals surface area (Å²) in [7, 11) is 1.98. The van der Waals surface area contributed by atoms with Crippen LogP contribution in [0.2, 0.25) is 0 Å². The number of amides is 1. The molecule has 1 saturated carbocycles. The van der Waals surface area contributed by atoms with Gasteiger partial charge in [0.2, 0.25) is 0 Å². The molecule has 0 saturated heterocycles. The van der Waals surface area contributed by atoms with E-state index in [1.165, 1.54) is 0 Å². The SMILES string of the molecule is CNC1CCC(NC(=O)c2cc(I)ccc2O)CC1. The molecular formula is C14H19IN2O2. The molecule has 5 heteroatoms. The second-order valence-electron chi connectivity index (χ2n) is 4.97. The number of phenolic OH excluding ortho intramolecular Hbond substituents is 1. The van der Waals surface area contributed by atoms with Crippen LogP contribution in [0.25, 0.3) is 0 Å². The van der Waals surface area contributed by atoms with Gasteiger partial charge in [0.25, 0.3) is 5.91 Å². The lowest BCUT2D eigenvalue weighted by atomic mass is 9.91. The van der Waals surface area contributed by atoms with E-state index in [1.54, 1.807) is 18.2 Å². The van der Waals surface area contributed by atoms with Gasteiger partial charge in [-0.15, -0.1) is 0 Å². The molecule has 4 nitrogen and oxygen atoms in total. The van der Waals surface area contributed by atoms with Crippen LogP contribution in [0.4, 0.5) is 0 Å². The highest BCUT2D eigenvalue weighted by atomic mass is 127. The van der Waals surface area contributed by atoms with Gasteiger partial charge < -0.3 is 15.7 Å². The van der Waals surface area contributed by atoms with E-state index in [0.29, 0.717) is 11.6 Å². The van der Waals surface area contributed by atoms with E-state index >= 15 is 0 Å². The van der Waals surface area contributed by atoms with Gasteiger partial charge in [0.1, 0.15) is 5.75 Å². The van der Waals surface area contributed by atoms with Gasteiger partial charge >= 0.3 is 0 Å². The first-order valence-corrected chi connectivity index (χ1v) is 7.64. The Bertz CT molecular complexity index is 457. The van der Waals surface area contributed by atoms with E-state index < -0.39 is 0 Å². The van der Waals surface area contributed by atoms with E-state index in [9.17, 15) is 9.90 Å². The second kappa shape index (κ2) is 6.56. The molecule has 104 valence electrons. The zero-order valence-electron chi connectivity index (χ0n) is 10.9. The van der Waals surface area contributed by atoms with E-state index in [0.717, 1.165) is 29.3 Å². The summed E-state index contributed by atoms with van der Waals surface area (Å²) < 4.78 is 0.944. The Morgan fingerprint density at radius 1 is 1.26 bits per heavy atom. The maximum Gasteiger partial charge on any atom is 0.255 e. The zero-order chi connectivity index (χ0) is 13.8. The summed E-state index contributed by atoms with van der Waals surface area (Å²) in [4.78, 5) is 12.1. The number of nitrogens with one attached hydrogen (secondary N) is 2. The molecule has 0 heterocycles. The van der Waals surface area contributed by atoms with E-state index in [2.05, 4.69) is 33.2 Å². The van der Waals surface area contributed by atoms with Crippen LogP contribution < -0.4 is 10.6 Å². The molecule has 0 aliphatic heterocycles. The van der Waals surface area contributed by atoms with Gasteiger partial charge in [-0.25, -0.2) is 0 Å². The molecule has 1 aromatic carbocycles. The lowest BCUT2D eigenvalue weighted by molar-refractivity contribution is 0.0922. The molecule has 1 amide bonds. The Hall–Kier alpha value is -0.820. The first-order chi connectivity index (χ1) is 9.10. The van der Waals surface area contributed by atoms with Crippen LogP contribution in [0.15, 0.2) is 18.2 Å². The number of carbonyl (C=O) groups excluding carboxylic acids is 1. The number of aromatic hydroxyl groups is 1. The summed E-state index contributed by atoms with van der Waals surface area (Å²) >= 11 is 2.13. The summed E-state index contributed by atoms with van der Waals surface area (Å²) in [6.45, 7) is 0. The number of hydrogen-bond donors (Lipinski definition) is 3. The molecule has 0 unspecified atom stereocenters. The minimum Gasteiger partial charge on any atom is -0.507 e. The Balaban J connectivity index is 1.96. The summed E-state index contributed by atoms with van der Waals surface area (Å²) in [5.74, 6) is -0.134. The fourth-order valence-electron chi connectivity index (χ4n) is 2.48. The van der Waals surface area contributed by atoms with Crippen molar-refractivity contribution in [1.82, 2.24) is 10.6 Å². The predicted octanol–water partition coefficient (Wildman–Crippen LogP) is 2.26. The van der Waals surface area contributed by atoms with Crippen molar-refractivity contribution in [2.45, 2.75) is 37.8 Å². The van der Waals surface area contributed by atoms with Gasteiger partial charge in [-0.05, 0) is 73.5 Å². The van der Waals surface area contributed by atoms with E-state index in [-0.39, 0.29) is 17.7 Å². The monoisotopic (exact) mass is 374 g/mol. The largest absolute Gasteiger partial charge is 0.507 e. The minimum absolute atomic E-state index is 0.0434. The Kier molecular flexibility index (Phi) is 5.04. The second-order valence-corrected chi connectivity index (χ2v) is 6.22. The topological polar surface area (TPSA) is 61.4 Å². The fourth-order valence-corrected chi connectivity index (χ4v) is 2.97. The highest BCUT2D eigenvalue weighted by molar-refractivity contribution is 14.1. The highest BCUT2D eigenvalue weighted by Gasteiger charge is 2.22. The Labute approximate surface area is 127 Å². The van der Waals surface area contributed by atoms with Gasteiger partial charge in [0.15, 0.2) is 0 Å². The van der Waals surface area contributed by atoms with Gasteiger partial charge in [-0.3, -0.25) is 4.79 Å². The first kappa shape index (κ1) is 14.6. The van der Waals surface area contributed by atoms with Crippen molar-refractivity contribution in [2.75, 3.05) is 7.05 Å². The quantitative estimate of drug-likeness (QED) is 0.712. The van der Waals surface area contributed by atoms with Crippen molar-refractivity contribution in [3.63, 3.8) is 0 Å². The summed E-state index contributed by atoms with van der Waals surface area (Å²) in [5.41, 5.74) is 0.364. The van der Waals surface area contributed by atoms with Crippen LogP contribution in [-0.2, 0) is 0 Å².